The zero-order valence-electron chi connectivity index (χ0n) is 12.6. The van der Waals surface area contributed by atoms with Gasteiger partial charge in [0.15, 0.2) is 0 Å². The van der Waals surface area contributed by atoms with Crippen molar-refractivity contribution in [3.63, 3.8) is 0 Å². The summed E-state index contributed by atoms with van der Waals surface area (Å²) < 4.78 is 32.7. The Hall–Kier alpha value is -2.16. The second-order valence-corrected chi connectivity index (χ2v) is 8.25. The van der Waals surface area contributed by atoms with Crippen LogP contribution >= 0.6 is 22.7 Å². The van der Waals surface area contributed by atoms with E-state index >= 15 is 0 Å². The van der Waals surface area contributed by atoms with Gasteiger partial charge in [-0.1, -0.05) is 24.3 Å². The molecule has 0 aliphatic carbocycles. The van der Waals surface area contributed by atoms with Gasteiger partial charge in [0.25, 0.3) is 10.0 Å². The number of carbonyl (C=O) groups is 1. The van der Waals surface area contributed by atoms with Gasteiger partial charge in [-0.2, -0.15) is 0 Å². The lowest BCUT2D eigenvalue weighted by molar-refractivity contribution is 0.0602. The van der Waals surface area contributed by atoms with Crippen LogP contribution in [0.1, 0.15) is 9.67 Å². The van der Waals surface area contributed by atoms with Crippen molar-refractivity contribution in [1.29, 1.82) is 0 Å². The van der Waals surface area contributed by atoms with Crippen molar-refractivity contribution in [1.82, 2.24) is 0 Å². The van der Waals surface area contributed by atoms with E-state index in [2.05, 4.69) is 9.46 Å². The van der Waals surface area contributed by atoms with E-state index < -0.39 is 16.0 Å². The van der Waals surface area contributed by atoms with E-state index in [9.17, 15) is 13.2 Å². The third kappa shape index (κ3) is 3.21. The fourth-order valence-electron chi connectivity index (χ4n) is 2.17. The van der Waals surface area contributed by atoms with E-state index in [1.165, 1.54) is 24.5 Å². The highest BCUT2D eigenvalue weighted by Gasteiger charge is 2.25. The molecule has 0 unspecified atom stereocenters. The number of hydrogen-bond acceptors (Lipinski definition) is 6. The van der Waals surface area contributed by atoms with Crippen LogP contribution in [0.15, 0.2) is 58.1 Å². The highest BCUT2D eigenvalue weighted by atomic mass is 32.2. The Labute approximate surface area is 147 Å². The van der Waals surface area contributed by atoms with Crippen LogP contribution in [0.4, 0.5) is 5.69 Å². The number of sulfonamides is 1. The number of para-hydroxylation sites is 1. The van der Waals surface area contributed by atoms with Gasteiger partial charge in [0.2, 0.25) is 0 Å². The van der Waals surface area contributed by atoms with Crippen molar-refractivity contribution in [2.24, 2.45) is 0 Å². The van der Waals surface area contributed by atoms with Crippen molar-refractivity contribution in [2.45, 2.75) is 4.90 Å². The van der Waals surface area contributed by atoms with E-state index in [0.29, 0.717) is 5.69 Å². The number of ether oxygens (including phenoxy) is 1. The van der Waals surface area contributed by atoms with Gasteiger partial charge in [0.1, 0.15) is 9.77 Å². The Bertz CT molecular complexity index is 959. The van der Waals surface area contributed by atoms with E-state index in [1.807, 2.05) is 29.6 Å². The molecule has 5 nitrogen and oxygen atoms in total. The summed E-state index contributed by atoms with van der Waals surface area (Å²) in [5.74, 6) is -0.670. The zero-order valence-corrected chi connectivity index (χ0v) is 15.0. The molecule has 2 aromatic heterocycles. The van der Waals surface area contributed by atoms with Crippen LogP contribution in [0.25, 0.3) is 10.4 Å². The van der Waals surface area contributed by atoms with Gasteiger partial charge in [-0.25, -0.2) is 13.2 Å². The maximum atomic E-state index is 12.7. The van der Waals surface area contributed by atoms with E-state index in [1.54, 1.807) is 17.5 Å². The molecule has 0 aliphatic heterocycles. The number of methoxy groups -OCH3 is 1. The van der Waals surface area contributed by atoms with Crippen molar-refractivity contribution >= 4 is 44.4 Å². The minimum Gasteiger partial charge on any atom is -0.465 e. The molecule has 24 heavy (non-hydrogen) atoms. The lowest BCUT2D eigenvalue weighted by Crippen LogP contribution is -2.16. The minimum atomic E-state index is -3.91. The smallest absolute Gasteiger partial charge is 0.349 e. The van der Waals surface area contributed by atoms with Crippen molar-refractivity contribution in [2.75, 3.05) is 11.8 Å². The quantitative estimate of drug-likeness (QED) is 0.679. The van der Waals surface area contributed by atoms with E-state index in [-0.39, 0.29) is 9.77 Å². The highest BCUT2D eigenvalue weighted by Crippen LogP contribution is 2.33. The third-order valence-electron chi connectivity index (χ3n) is 3.25. The minimum absolute atomic E-state index is 0.0543. The van der Waals surface area contributed by atoms with E-state index in [0.717, 1.165) is 21.8 Å². The van der Waals surface area contributed by atoms with Gasteiger partial charge in [-0.15, -0.1) is 22.7 Å². The molecule has 0 fully saturated rings. The summed E-state index contributed by atoms with van der Waals surface area (Å²) >= 11 is 2.55. The molecular formula is C16H13NO4S3. The second kappa shape index (κ2) is 6.76. The average Bonchev–Trinajstić information content (AvgIpc) is 3.26. The van der Waals surface area contributed by atoms with Crippen LogP contribution in [-0.2, 0) is 14.8 Å². The Kier molecular flexibility index (Phi) is 4.70. The second-order valence-electron chi connectivity index (χ2n) is 4.73. The lowest BCUT2D eigenvalue weighted by atomic mass is 10.1. The molecule has 2 heterocycles. The monoisotopic (exact) mass is 379 g/mol. The molecule has 0 bridgehead atoms. The number of hydrogen-bond donors (Lipinski definition) is 1. The summed E-state index contributed by atoms with van der Waals surface area (Å²) in [6.07, 6.45) is 0. The molecule has 124 valence electrons. The Morgan fingerprint density at radius 3 is 2.54 bits per heavy atom. The first-order chi connectivity index (χ1) is 11.5. The molecule has 0 saturated carbocycles. The number of thiophene rings is 2. The average molecular weight is 379 g/mol. The molecule has 0 amide bonds. The van der Waals surface area contributed by atoms with Crippen LogP contribution in [0.2, 0.25) is 0 Å². The number of carbonyl (C=O) groups excluding carboxylic acids is 1. The summed E-state index contributed by atoms with van der Waals surface area (Å²) in [4.78, 5) is 12.7. The molecule has 3 aromatic rings. The van der Waals surface area contributed by atoms with Gasteiger partial charge in [-0.3, -0.25) is 4.72 Å². The van der Waals surface area contributed by atoms with Gasteiger partial charge in [0, 0.05) is 10.4 Å². The summed E-state index contributed by atoms with van der Waals surface area (Å²) in [6.45, 7) is 0. The van der Waals surface area contributed by atoms with Gasteiger partial charge in [0.05, 0.1) is 12.8 Å². The Morgan fingerprint density at radius 1 is 1.04 bits per heavy atom. The predicted molar refractivity (Wildman–Crippen MR) is 96.2 cm³/mol. The molecule has 0 spiro atoms. The SMILES string of the molecule is COC(=O)c1sccc1S(=O)(=O)Nc1ccccc1-c1cccs1. The third-order valence-corrected chi connectivity index (χ3v) is 6.58. The lowest BCUT2D eigenvalue weighted by Gasteiger charge is -2.12. The topological polar surface area (TPSA) is 72.5 Å². The summed E-state index contributed by atoms with van der Waals surface area (Å²) in [6, 6.07) is 12.4. The number of nitrogens with one attached hydrogen (secondary N) is 1. The molecule has 1 N–H and O–H groups in total. The molecule has 0 aliphatic rings. The standard InChI is InChI=1S/C16H13NO4S3/c1-21-16(18)15-14(8-10-23-15)24(19,20)17-12-6-3-2-5-11(12)13-7-4-9-22-13/h2-10,17H,1H3. The van der Waals surface area contributed by atoms with Gasteiger partial charge >= 0.3 is 5.97 Å². The summed E-state index contributed by atoms with van der Waals surface area (Å²) in [5, 5.41) is 3.47. The summed E-state index contributed by atoms with van der Waals surface area (Å²) in [7, 11) is -2.68. The maximum absolute atomic E-state index is 12.7. The van der Waals surface area contributed by atoms with Gasteiger partial charge < -0.3 is 4.74 Å². The molecule has 8 heteroatoms. The van der Waals surface area contributed by atoms with Crippen LogP contribution in [0.3, 0.4) is 0 Å². The fraction of sp³-hybridized carbons (Fsp3) is 0.0625. The normalized spacial score (nSPS) is 11.2. The largest absolute Gasteiger partial charge is 0.465 e. The first kappa shape index (κ1) is 16.7. The van der Waals surface area contributed by atoms with Crippen LogP contribution in [0.5, 0.6) is 0 Å². The number of benzene rings is 1. The van der Waals surface area contributed by atoms with Crippen LogP contribution < -0.4 is 4.72 Å². The Balaban J connectivity index is 2.00. The summed E-state index contributed by atoms with van der Waals surface area (Å²) in [5.41, 5.74) is 1.24. The number of rotatable bonds is 5. The van der Waals surface area contributed by atoms with E-state index in [4.69, 9.17) is 0 Å². The molecule has 0 atom stereocenters. The van der Waals surface area contributed by atoms with Crippen molar-refractivity contribution in [3.05, 3.63) is 58.1 Å². The Morgan fingerprint density at radius 2 is 1.83 bits per heavy atom. The first-order valence-corrected chi connectivity index (χ1v) is 10.1. The molecule has 1 aromatic carbocycles. The van der Waals surface area contributed by atoms with Gasteiger partial charge in [-0.05, 0) is 29.0 Å². The highest BCUT2D eigenvalue weighted by molar-refractivity contribution is 7.93. The van der Waals surface area contributed by atoms with Crippen molar-refractivity contribution in [3.8, 4) is 10.4 Å². The number of esters is 1. The molecule has 3 rings (SSSR count). The van der Waals surface area contributed by atoms with Crippen LogP contribution in [0, 0.1) is 0 Å². The first-order valence-electron chi connectivity index (χ1n) is 6.84. The van der Waals surface area contributed by atoms with Crippen molar-refractivity contribution < 1.29 is 17.9 Å². The molecule has 0 saturated heterocycles. The predicted octanol–water partition coefficient (Wildman–Crippen LogP) is 4.06. The number of anilines is 1. The zero-order chi connectivity index (χ0) is 17.2. The molecular weight excluding hydrogens is 366 g/mol. The maximum Gasteiger partial charge on any atom is 0.349 e. The molecule has 0 radical (unpaired) electrons. The van der Waals surface area contributed by atoms with Crippen LogP contribution in [-0.4, -0.2) is 21.5 Å². The fourth-order valence-corrected chi connectivity index (χ4v) is 5.35.